The highest BCUT2D eigenvalue weighted by Crippen LogP contribution is 2.29. The molecule has 2 aromatic rings. The molecule has 0 atom stereocenters. The summed E-state index contributed by atoms with van der Waals surface area (Å²) in [4.78, 5) is 11.7. The van der Waals surface area contributed by atoms with Gasteiger partial charge in [-0.1, -0.05) is 0 Å². The van der Waals surface area contributed by atoms with Crippen molar-refractivity contribution in [3.05, 3.63) is 54.1 Å². The van der Waals surface area contributed by atoms with Crippen LogP contribution in [0.4, 0.5) is 18.9 Å². The largest absolute Gasteiger partial charge is 0.497 e. The van der Waals surface area contributed by atoms with Gasteiger partial charge in [0, 0.05) is 5.69 Å². The van der Waals surface area contributed by atoms with Crippen molar-refractivity contribution in [1.29, 1.82) is 0 Å². The van der Waals surface area contributed by atoms with E-state index in [0.29, 0.717) is 11.5 Å². The third kappa shape index (κ3) is 4.91. The highest BCUT2D eigenvalue weighted by Gasteiger charge is 2.29. The molecule has 0 spiro atoms. The minimum Gasteiger partial charge on any atom is -0.497 e. The highest BCUT2D eigenvalue weighted by atomic mass is 19.4. The Labute approximate surface area is 130 Å². The number of benzene rings is 2. The van der Waals surface area contributed by atoms with Gasteiger partial charge in [0.15, 0.2) is 6.61 Å². The van der Waals surface area contributed by atoms with Gasteiger partial charge in [0.05, 0.1) is 12.7 Å². The van der Waals surface area contributed by atoms with E-state index in [-0.39, 0.29) is 12.3 Å². The van der Waals surface area contributed by atoms with Crippen LogP contribution in [0.3, 0.4) is 0 Å². The lowest BCUT2D eigenvalue weighted by Gasteiger charge is -2.10. The molecule has 1 N–H and O–H groups in total. The molecule has 0 aliphatic rings. The highest BCUT2D eigenvalue weighted by molar-refractivity contribution is 5.91. The van der Waals surface area contributed by atoms with E-state index in [1.165, 1.54) is 19.2 Å². The van der Waals surface area contributed by atoms with Gasteiger partial charge in [-0.2, -0.15) is 13.2 Å². The van der Waals surface area contributed by atoms with Crippen molar-refractivity contribution in [3.63, 3.8) is 0 Å². The van der Waals surface area contributed by atoms with Gasteiger partial charge in [0.2, 0.25) is 0 Å². The van der Waals surface area contributed by atoms with E-state index in [4.69, 9.17) is 9.47 Å². The Morgan fingerprint density at radius 1 is 1.00 bits per heavy atom. The second-order valence-corrected chi connectivity index (χ2v) is 4.59. The molecular formula is C16H14F3NO3. The third-order valence-corrected chi connectivity index (χ3v) is 2.93. The second-order valence-electron chi connectivity index (χ2n) is 4.59. The number of amides is 1. The molecule has 0 saturated carbocycles. The topological polar surface area (TPSA) is 47.6 Å². The number of halogens is 3. The number of hydrogen-bond acceptors (Lipinski definition) is 3. The van der Waals surface area contributed by atoms with E-state index in [2.05, 4.69) is 5.32 Å². The van der Waals surface area contributed by atoms with E-state index in [0.717, 1.165) is 12.1 Å². The molecule has 0 fully saturated rings. The first-order chi connectivity index (χ1) is 10.9. The predicted octanol–water partition coefficient (Wildman–Crippen LogP) is 3.73. The molecule has 2 rings (SSSR count). The van der Waals surface area contributed by atoms with Gasteiger partial charge in [0.25, 0.3) is 5.91 Å². The average molecular weight is 325 g/mol. The molecule has 0 heterocycles. The van der Waals surface area contributed by atoms with Gasteiger partial charge >= 0.3 is 6.18 Å². The van der Waals surface area contributed by atoms with Gasteiger partial charge in [-0.05, 0) is 48.5 Å². The minimum absolute atomic E-state index is 0.257. The summed E-state index contributed by atoms with van der Waals surface area (Å²) in [6, 6.07) is 10.8. The Bertz CT molecular complexity index is 652. The Balaban J connectivity index is 1.86. The van der Waals surface area contributed by atoms with Gasteiger partial charge in [-0.15, -0.1) is 0 Å². The molecule has 7 heteroatoms. The summed E-state index contributed by atoms with van der Waals surface area (Å²) in [5.74, 6) is 0.667. The van der Waals surface area contributed by atoms with Crippen LogP contribution in [0, 0.1) is 0 Å². The van der Waals surface area contributed by atoms with Crippen molar-refractivity contribution in [3.8, 4) is 11.5 Å². The van der Waals surface area contributed by atoms with Crippen LogP contribution in [0.5, 0.6) is 11.5 Å². The summed E-state index contributed by atoms with van der Waals surface area (Å²) < 4.78 is 47.5. The van der Waals surface area contributed by atoms with Gasteiger partial charge in [-0.3, -0.25) is 4.79 Å². The maximum Gasteiger partial charge on any atom is 0.416 e. The predicted molar refractivity (Wildman–Crippen MR) is 78.6 cm³/mol. The number of anilines is 1. The molecule has 0 unspecified atom stereocenters. The number of methoxy groups -OCH3 is 1. The van der Waals surface area contributed by atoms with E-state index >= 15 is 0 Å². The van der Waals surface area contributed by atoms with Crippen molar-refractivity contribution < 1.29 is 27.4 Å². The quantitative estimate of drug-likeness (QED) is 0.911. The van der Waals surface area contributed by atoms with Crippen LogP contribution in [-0.2, 0) is 11.0 Å². The Morgan fingerprint density at radius 2 is 1.57 bits per heavy atom. The maximum absolute atomic E-state index is 12.4. The lowest BCUT2D eigenvalue weighted by atomic mass is 10.2. The fraction of sp³-hybridized carbons (Fsp3) is 0.188. The first-order valence-corrected chi connectivity index (χ1v) is 6.62. The van der Waals surface area contributed by atoms with E-state index < -0.39 is 17.6 Å². The molecule has 0 aromatic heterocycles. The van der Waals surface area contributed by atoms with Crippen LogP contribution >= 0.6 is 0 Å². The summed E-state index contributed by atoms with van der Waals surface area (Å²) in [5.41, 5.74) is -0.508. The maximum atomic E-state index is 12.4. The molecule has 0 saturated heterocycles. The van der Waals surface area contributed by atoms with Crippen molar-refractivity contribution >= 4 is 11.6 Å². The molecule has 0 aliphatic carbocycles. The minimum atomic E-state index is -4.40. The monoisotopic (exact) mass is 325 g/mol. The molecule has 0 radical (unpaired) electrons. The second kappa shape index (κ2) is 7.04. The summed E-state index contributed by atoms with van der Waals surface area (Å²) in [5, 5.41) is 2.46. The normalized spacial score (nSPS) is 11.0. The van der Waals surface area contributed by atoms with Crippen molar-refractivity contribution in [2.75, 3.05) is 19.0 Å². The SMILES string of the molecule is COc1ccc(OCC(=O)Nc2ccc(C(F)(F)F)cc2)cc1. The lowest BCUT2D eigenvalue weighted by Crippen LogP contribution is -2.20. The number of alkyl halides is 3. The Kier molecular flexibility index (Phi) is 5.10. The van der Waals surface area contributed by atoms with Gasteiger partial charge in [0.1, 0.15) is 11.5 Å². The zero-order valence-corrected chi connectivity index (χ0v) is 12.2. The first-order valence-electron chi connectivity index (χ1n) is 6.62. The third-order valence-electron chi connectivity index (χ3n) is 2.93. The molecular weight excluding hydrogens is 311 g/mol. The number of rotatable bonds is 5. The van der Waals surface area contributed by atoms with Crippen LogP contribution in [-0.4, -0.2) is 19.6 Å². The molecule has 1 amide bonds. The lowest BCUT2D eigenvalue weighted by molar-refractivity contribution is -0.137. The summed E-state index contributed by atoms with van der Waals surface area (Å²) in [6.07, 6.45) is -4.40. The number of hydrogen-bond donors (Lipinski definition) is 1. The van der Waals surface area contributed by atoms with Crippen molar-refractivity contribution in [2.45, 2.75) is 6.18 Å². The average Bonchev–Trinajstić information content (AvgIpc) is 2.53. The van der Waals surface area contributed by atoms with Crippen LogP contribution < -0.4 is 14.8 Å². The smallest absolute Gasteiger partial charge is 0.416 e. The Morgan fingerprint density at radius 3 is 2.09 bits per heavy atom. The number of carbonyl (C=O) groups excluding carboxylic acids is 1. The fourth-order valence-corrected chi connectivity index (χ4v) is 1.76. The van der Waals surface area contributed by atoms with Crippen molar-refractivity contribution in [2.24, 2.45) is 0 Å². The summed E-state index contributed by atoms with van der Waals surface area (Å²) in [6.45, 7) is -0.257. The first kappa shape index (κ1) is 16.7. The van der Waals surface area contributed by atoms with Gasteiger partial charge in [-0.25, -0.2) is 0 Å². The molecule has 4 nitrogen and oxygen atoms in total. The Hall–Kier alpha value is -2.70. The van der Waals surface area contributed by atoms with E-state index in [1.54, 1.807) is 24.3 Å². The molecule has 2 aromatic carbocycles. The fourth-order valence-electron chi connectivity index (χ4n) is 1.76. The molecule has 23 heavy (non-hydrogen) atoms. The van der Waals surface area contributed by atoms with Gasteiger partial charge < -0.3 is 14.8 Å². The standard InChI is InChI=1S/C16H14F3NO3/c1-22-13-6-8-14(9-7-13)23-10-15(21)20-12-4-2-11(3-5-12)16(17,18)19/h2-9H,10H2,1H3,(H,20,21). The van der Waals surface area contributed by atoms with Crippen LogP contribution in [0.1, 0.15) is 5.56 Å². The molecule has 122 valence electrons. The number of carbonyl (C=O) groups is 1. The molecule has 0 aliphatic heterocycles. The van der Waals surface area contributed by atoms with Crippen LogP contribution in [0.2, 0.25) is 0 Å². The summed E-state index contributed by atoms with van der Waals surface area (Å²) >= 11 is 0. The van der Waals surface area contributed by atoms with E-state index in [9.17, 15) is 18.0 Å². The molecule has 0 bridgehead atoms. The van der Waals surface area contributed by atoms with E-state index in [1.807, 2.05) is 0 Å². The van der Waals surface area contributed by atoms with Crippen LogP contribution in [0.25, 0.3) is 0 Å². The zero-order valence-electron chi connectivity index (χ0n) is 12.2. The number of ether oxygens (including phenoxy) is 2. The van der Waals surface area contributed by atoms with Crippen LogP contribution in [0.15, 0.2) is 48.5 Å². The summed E-state index contributed by atoms with van der Waals surface area (Å²) in [7, 11) is 1.54. The zero-order chi connectivity index (χ0) is 16.9. The van der Waals surface area contributed by atoms with Crippen molar-refractivity contribution in [1.82, 2.24) is 0 Å². The number of nitrogens with one attached hydrogen (secondary N) is 1.